The van der Waals surface area contributed by atoms with Crippen LogP contribution >= 0.6 is 0 Å². The first-order valence-corrected chi connectivity index (χ1v) is 7.71. The Balaban J connectivity index is 1.79. The Morgan fingerprint density at radius 2 is 2.17 bits per heavy atom. The number of likely N-dealkylation sites (tertiary alicyclic amines) is 1. The van der Waals surface area contributed by atoms with Crippen molar-refractivity contribution < 1.29 is 14.1 Å². The van der Waals surface area contributed by atoms with Crippen molar-refractivity contribution in [3.8, 4) is 6.07 Å². The normalized spacial score (nSPS) is 20.1. The lowest BCUT2D eigenvalue weighted by molar-refractivity contribution is 0.0775. The molecule has 2 heterocycles. The minimum absolute atomic E-state index is 0.0338. The zero-order valence-corrected chi connectivity index (χ0v) is 13.6. The number of methoxy groups -OCH3 is 1. The molecule has 7 heteroatoms. The Kier molecular flexibility index (Phi) is 4.58. The highest BCUT2D eigenvalue weighted by Gasteiger charge is 2.39. The first kappa shape index (κ1) is 16.1. The molecule has 3 rings (SSSR count). The molecule has 0 N–H and O–H groups in total. The van der Waals surface area contributed by atoms with Crippen LogP contribution < -0.4 is 0 Å². The Labute approximate surface area is 139 Å². The van der Waals surface area contributed by atoms with Gasteiger partial charge in [0.15, 0.2) is 5.82 Å². The fourth-order valence-corrected chi connectivity index (χ4v) is 3.03. The number of hydrogen-bond acceptors (Lipinski definition) is 6. The lowest BCUT2D eigenvalue weighted by Crippen LogP contribution is -2.29. The van der Waals surface area contributed by atoms with Crippen molar-refractivity contribution in [3.63, 3.8) is 0 Å². The molecule has 0 radical (unpaired) electrons. The Morgan fingerprint density at radius 3 is 2.75 bits per heavy atom. The summed E-state index contributed by atoms with van der Waals surface area (Å²) in [6, 6.07) is 8.70. The Hall–Kier alpha value is -2.72. The molecule has 2 unspecified atom stereocenters. The summed E-state index contributed by atoms with van der Waals surface area (Å²) in [4.78, 5) is 18.8. The molecule has 2 aromatic rings. The molecule has 1 aromatic heterocycles. The molecule has 0 bridgehead atoms. The second-order valence-electron chi connectivity index (χ2n) is 5.90. The first-order chi connectivity index (χ1) is 11.6. The number of benzene rings is 1. The Bertz CT molecular complexity index is 763. The number of rotatable bonds is 4. The van der Waals surface area contributed by atoms with E-state index in [2.05, 4.69) is 10.1 Å². The van der Waals surface area contributed by atoms with Crippen molar-refractivity contribution in [2.24, 2.45) is 5.92 Å². The van der Waals surface area contributed by atoms with Crippen molar-refractivity contribution in [3.05, 3.63) is 47.1 Å². The predicted octanol–water partition coefficient (Wildman–Crippen LogP) is 1.75. The largest absolute Gasteiger partial charge is 0.384 e. The van der Waals surface area contributed by atoms with E-state index in [0.29, 0.717) is 42.5 Å². The highest BCUT2D eigenvalue weighted by Crippen LogP contribution is 2.32. The summed E-state index contributed by atoms with van der Waals surface area (Å²) in [7, 11) is 1.64. The highest BCUT2D eigenvalue weighted by atomic mass is 16.5. The van der Waals surface area contributed by atoms with Gasteiger partial charge >= 0.3 is 0 Å². The van der Waals surface area contributed by atoms with Crippen LogP contribution in [0.2, 0.25) is 0 Å². The number of aryl methyl sites for hydroxylation is 1. The van der Waals surface area contributed by atoms with Crippen molar-refractivity contribution in [2.75, 3.05) is 26.8 Å². The maximum Gasteiger partial charge on any atom is 0.253 e. The van der Waals surface area contributed by atoms with Gasteiger partial charge in [-0.25, -0.2) is 0 Å². The van der Waals surface area contributed by atoms with E-state index in [1.807, 2.05) is 6.07 Å². The monoisotopic (exact) mass is 326 g/mol. The molecule has 24 heavy (non-hydrogen) atoms. The van der Waals surface area contributed by atoms with Crippen LogP contribution in [-0.4, -0.2) is 47.8 Å². The zero-order valence-electron chi connectivity index (χ0n) is 13.6. The van der Waals surface area contributed by atoms with Gasteiger partial charge in [0, 0.05) is 31.7 Å². The zero-order chi connectivity index (χ0) is 17.1. The summed E-state index contributed by atoms with van der Waals surface area (Å²) in [5.74, 6) is 1.13. The average Bonchev–Trinajstić information content (AvgIpc) is 3.21. The van der Waals surface area contributed by atoms with Gasteiger partial charge in [0.1, 0.15) is 0 Å². The summed E-state index contributed by atoms with van der Waals surface area (Å²) in [5.41, 5.74) is 1.09. The SMILES string of the molecule is COCC1CN(C(=O)c2ccc(C#N)cc2)CC1c1nc(C)no1. The van der Waals surface area contributed by atoms with E-state index in [4.69, 9.17) is 14.5 Å². The number of carbonyl (C=O) groups is 1. The molecule has 1 aromatic carbocycles. The van der Waals surface area contributed by atoms with Crippen LogP contribution in [0.1, 0.15) is 33.6 Å². The molecule has 0 spiro atoms. The average molecular weight is 326 g/mol. The lowest BCUT2D eigenvalue weighted by Gasteiger charge is -2.16. The van der Waals surface area contributed by atoms with Gasteiger partial charge < -0.3 is 14.2 Å². The summed E-state index contributed by atoms with van der Waals surface area (Å²) >= 11 is 0. The molecule has 7 nitrogen and oxygen atoms in total. The van der Waals surface area contributed by atoms with Crippen LogP contribution in [-0.2, 0) is 4.74 Å². The van der Waals surface area contributed by atoms with Crippen molar-refractivity contribution in [1.29, 1.82) is 5.26 Å². The van der Waals surface area contributed by atoms with Crippen LogP contribution in [0.25, 0.3) is 0 Å². The minimum Gasteiger partial charge on any atom is -0.384 e. The maximum atomic E-state index is 12.7. The molecule has 2 atom stereocenters. The maximum absolute atomic E-state index is 12.7. The van der Waals surface area contributed by atoms with Crippen molar-refractivity contribution in [1.82, 2.24) is 15.0 Å². The van der Waals surface area contributed by atoms with Gasteiger partial charge in [-0.3, -0.25) is 4.79 Å². The van der Waals surface area contributed by atoms with E-state index in [1.165, 1.54) is 0 Å². The van der Waals surface area contributed by atoms with Gasteiger partial charge in [0.2, 0.25) is 5.89 Å². The number of nitriles is 1. The second-order valence-corrected chi connectivity index (χ2v) is 5.90. The van der Waals surface area contributed by atoms with E-state index in [-0.39, 0.29) is 17.7 Å². The standard InChI is InChI=1S/C17H18N4O3/c1-11-19-16(24-20-11)15-9-21(8-14(15)10-23-2)17(22)13-5-3-12(7-18)4-6-13/h3-6,14-15H,8-10H2,1-2H3. The van der Waals surface area contributed by atoms with Crippen LogP contribution in [0.3, 0.4) is 0 Å². The molecule has 1 saturated heterocycles. The van der Waals surface area contributed by atoms with Gasteiger partial charge in [-0.2, -0.15) is 10.2 Å². The van der Waals surface area contributed by atoms with Crippen LogP contribution in [0.5, 0.6) is 0 Å². The summed E-state index contributed by atoms with van der Waals surface area (Å²) in [5, 5.41) is 12.7. The molecular weight excluding hydrogens is 308 g/mol. The van der Waals surface area contributed by atoms with Gasteiger partial charge in [-0.15, -0.1) is 0 Å². The number of hydrogen-bond donors (Lipinski definition) is 0. The van der Waals surface area contributed by atoms with E-state index < -0.39 is 0 Å². The molecule has 124 valence electrons. The molecule has 1 amide bonds. The number of aromatic nitrogens is 2. The van der Waals surface area contributed by atoms with Gasteiger partial charge in [0.05, 0.1) is 24.2 Å². The summed E-state index contributed by atoms with van der Waals surface area (Å²) in [6.07, 6.45) is 0. The van der Waals surface area contributed by atoms with E-state index in [1.54, 1.807) is 43.2 Å². The molecule has 1 aliphatic heterocycles. The van der Waals surface area contributed by atoms with Crippen LogP contribution in [0.4, 0.5) is 0 Å². The molecule has 1 fully saturated rings. The number of ether oxygens (including phenoxy) is 1. The summed E-state index contributed by atoms with van der Waals surface area (Å²) < 4.78 is 10.6. The first-order valence-electron chi connectivity index (χ1n) is 7.71. The lowest BCUT2D eigenvalue weighted by atomic mass is 9.97. The van der Waals surface area contributed by atoms with Gasteiger partial charge in [-0.05, 0) is 31.2 Å². The second kappa shape index (κ2) is 6.81. The number of carbonyl (C=O) groups excluding carboxylic acids is 1. The third-order valence-electron chi connectivity index (χ3n) is 4.23. The molecule has 0 aliphatic carbocycles. The molecule has 1 aliphatic rings. The van der Waals surface area contributed by atoms with Crippen LogP contribution in [0, 0.1) is 24.2 Å². The van der Waals surface area contributed by atoms with Crippen molar-refractivity contribution >= 4 is 5.91 Å². The number of amides is 1. The number of nitrogens with zero attached hydrogens (tertiary/aromatic N) is 4. The smallest absolute Gasteiger partial charge is 0.253 e. The highest BCUT2D eigenvalue weighted by molar-refractivity contribution is 5.94. The molecular formula is C17H18N4O3. The van der Waals surface area contributed by atoms with E-state index in [9.17, 15) is 4.79 Å². The Morgan fingerprint density at radius 1 is 1.42 bits per heavy atom. The van der Waals surface area contributed by atoms with Gasteiger partial charge in [0.25, 0.3) is 5.91 Å². The van der Waals surface area contributed by atoms with Crippen molar-refractivity contribution in [2.45, 2.75) is 12.8 Å². The van der Waals surface area contributed by atoms with E-state index >= 15 is 0 Å². The quantitative estimate of drug-likeness (QED) is 0.850. The van der Waals surface area contributed by atoms with Gasteiger partial charge in [-0.1, -0.05) is 5.16 Å². The topological polar surface area (TPSA) is 92.2 Å². The third-order valence-corrected chi connectivity index (χ3v) is 4.23. The minimum atomic E-state index is -0.0701. The van der Waals surface area contributed by atoms with E-state index in [0.717, 1.165) is 0 Å². The fourth-order valence-electron chi connectivity index (χ4n) is 3.03. The summed E-state index contributed by atoms with van der Waals surface area (Å²) in [6.45, 7) is 3.36. The molecule has 0 saturated carbocycles. The fraction of sp³-hybridized carbons (Fsp3) is 0.412. The van der Waals surface area contributed by atoms with Crippen LogP contribution in [0.15, 0.2) is 28.8 Å². The predicted molar refractivity (Wildman–Crippen MR) is 84.2 cm³/mol. The third kappa shape index (κ3) is 3.14.